The second-order valence-corrected chi connectivity index (χ2v) is 4.89. The van der Waals surface area contributed by atoms with Gasteiger partial charge in [0.05, 0.1) is 0 Å². The summed E-state index contributed by atoms with van der Waals surface area (Å²) in [5.41, 5.74) is -0.0721. The zero-order valence-corrected chi connectivity index (χ0v) is 10.1. The lowest BCUT2D eigenvalue weighted by Gasteiger charge is -2.37. The van der Waals surface area contributed by atoms with E-state index in [4.69, 9.17) is 0 Å². The first kappa shape index (κ1) is 13.9. The van der Waals surface area contributed by atoms with Crippen LogP contribution in [0, 0.1) is 17.3 Å². The van der Waals surface area contributed by atoms with E-state index in [9.17, 15) is 10.2 Å². The summed E-state index contributed by atoms with van der Waals surface area (Å²) in [6.07, 6.45) is 3.18. The molecule has 0 radical (unpaired) electrons. The predicted octanol–water partition coefficient (Wildman–Crippen LogP) is 2.44. The van der Waals surface area contributed by atoms with Gasteiger partial charge in [0.15, 0.2) is 0 Å². The molecule has 0 aliphatic carbocycles. The summed E-state index contributed by atoms with van der Waals surface area (Å²) in [4.78, 5) is 0. The van der Waals surface area contributed by atoms with Gasteiger partial charge in [0, 0.05) is 13.2 Å². The number of hydrogen-bond donors (Lipinski definition) is 2. The maximum absolute atomic E-state index is 9.34. The van der Waals surface area contributed by atoms with Crippen LogP contribution in [-0.2, 0) is 0 Å². The minimum atomic E-state index is -0.0721. The Morgan fingerprint density at radius 2 is 1.71 bits per heavy atom. The van der Waals surface area contributed by atoms with Crippen molar-refractivity contribution in [1.29, 1.82) is 0 Å². The summed E-state index contributed by atoms with van der Waals surface area (Å²) >= 11 is 0. The highest BCUT2D eigenvalue weighted by atomic mass is 16.3. The molecule has 2 atom stereocenters. The van der Waals surface area contributed by atoms with Gasteiger partial charge in [0.25, 0.3) is 0 Å². The zero-order chi connectivity index (χ0) is 11.2. The Labute approximate surface area is 88.3 Å². The molecule has 0 spiro atoms. The highest BCUT2D eigenvalue weighted by Gasteiger charge is 2.32. The lowest BCUT2D eigenvalue weighted by atomic mass is 9.70. The molecule has 14 heavy (non-hydrogen) atoms. The van der Waals surface area contributed by atoms with Crippen molar-refractivity contribution >= 4 is 0 Å². The number of hydrogen-bond acceptors (Lipinski definition) is 2. The van der Waals surface area contributed by atoms with Crippen LogP contribution in [-0.4, -0.2) is 23.4 Å². The van der Waals surface area contributed by atoms with Gasteiger partial charge in [-0.05, 0) is 23.7 Å². The molecule has 0 heterocycles. The maximum atomic E-state index is 9.34. The van der Waals surface area contributed by atoms with Crippen molar-refractivity contribution in [2.75, 3.05) is 13.2 Å². The number of aliphatic hydroxyl groups is 2. The van der Waals surface area contributed by atoms with Gasteiger partial charge in [-0.1, -0.05) is 40.5 Å². The SMILES string of the molecule is CCCC(CO)C(CC)C(C)(C)CO. The van der Waals surface area contributed by atoms with E-state index >= 15 is 0 Å². The van der Waals surface area contributed by atoms with Crippen LogP contribution in [0.4, 0.5) is 0 Å². The summed E-state index contributed by atoms with van der Waals surface area (Å²) in [6.45, 7) is 8.89. The average molecular weight is 202 g/mol. The molecular formula is C12H26O2. The van der Waals surface area contributed by atoms with Crippen LogP contribution in [0.1, 0.15) is 47.0 Å². The van der Waals surface area contributed by atoms with Gasteiger partial charge in [0.2, 0.25) is 0 Å². The first-order valence-corrected chi connectivity index (χ1v) is 5.75. The first-order chi connectivity index (χ1) is 6.53. The molecule has 0 fully saturated rings. The van der Waals surface area contributed by atoms with Gasteiger partial charge in [-0.3, -0.25) is 0 Å². The molecule has 86 valence electrons. The van der Waals surface area contributed by atoms with Crippen molar-refractivity contribution in [3.63, 3.8) is 0 Å². The molecule has 0 saturated heterocycles. The zero-order valence-electron chi connectivity index (χ0n) is 10.1. The van der Waals surface area contributed by atoms with Crippen molar-refractivity contribution in [3.8, 4) is 0 Å². The Kier molecular flexibility index (Phi) is 6.38. The Hall–Kier alpha value is -0.0800. The van der Waals surface area contributed by atoms with Crippen LogP contribution in [0.3, 0.4) is 0 Å². The summed E-state index contributed by atoms with van der Waals surface area (Å²) in [7, 11) is 0. The molecule has 0 aliphatic rings. The fourth-order valence-electron chi connectivity index (χ4n) is 2.43. The molecule has 0 saturated carbocycles. The predicted molar refractivity (Wildman–Crippen MR) is 60.1 cm³/mol. The molecule has 0 aromatic rings. The second-order valence-electron chi connectivity index (χ2n) is 4.89. The molecule has 0 aliphatic heterocycles. The van der Waals surface area contributed by atoms with Gasteiger partial charge < -0.3 is 10.2 Å². The normalized spacial score (nSPS) is 16.7. The van der Waals surface area contributed by atoms with E-state index in [2.05, 4.69) is 27.7 Å². The summed E-state index contributed by atoms with van der Waals surface area (Å²) < 4.78 is 0. The average Bonchev–Trinajstić information content (AvgIpc) is 2.17. The Balaban J connectivity index is 4.49. The van der Waals surface area contributed by atoms with E-state index in [1.165, 1.54) is 0 Å². The van der Waals surface area contributed by atoms with Gasteiger partial charge in [-0.2, -0.15) is 0 Å². The third-order valence-corrected chi connectivity index (χ3v) is 3.31. The molecule has 0 amide bonds. The van der Waals surface area contributed by atoms with Crippen LogP contribution in [0.5, 0.6) is 0 Å². The van der Waals surface area contributed by atoms with Crippen LogP contribution >= 0.6 is 0 Å². The van der Waals surface area contributed by atoms with Crippen molar-refractivity contribution in [3.05, 3.63) is 0 Å². The molecule has 0 aromatic carbocycles. The van der Waals surface area contributed by atoms with E-state index in [-0.39, 0.29) is 18.6 Å². The van der Waals surface area contributed by atoms with Gasteiger partial charge in [-0.25, -0.2) is 0 Å². The van der Waals surface area contributed by atoms with E-state index in [0.717, 1.165) is 19.3 Å². The highest BCUT2D eigenvalue weighted by Crippen LogP contribution is 2.36. The molecule has 2 unspecified atom stereocenters. The second kappa shape index (κ2) is 6.41. The lowest BCUT2D eigenvalue weighted by molar-refractivity contribution is 0.0311. The van der Waals surface area contributed by atoms with Crippen molar-refractivity contribution in [2.24, 2.45) is 17.3 Å². The van der Waals surface area contributed by atoms with E-state index in [1.807, 2.05) is 0 Å². The third-order valence-electron chi connectivity index (χ3n) is 3.31. The minimum Gasteiger partial charge on any atom is -0.396 e. The maximum Gasteiger partial charge on any atom is 0.0484 e. The lowest BCUT2D eigenvalue weighted by Crippen LogP contribution is -2.34. The molecular weight excluding hydrogens is 176 g/mol. The van der Waals surface area contributed by atoms with Gasteiger partial charge >= 0.3 is 0 Å². The Bertz CT molecular complexity index is 143. The van der Waals surface area contributed by atoms with E-state index in [0.29, 0.717) is 11.8 Å². The van der Waals surface area contributed by atoms with Gasteiger partial charge in [0.1, 0.15) is 0 Å². The largest absolute Gasteiger partial charge is 0.396 e. The molecule has 0 bridgehead atoms. The van der Waals surface area contributed by atoms with Crippen molar-refractivity contribution in [2.45, 2.75) is 47.0 Å². The smallest absolute Gasteiger partial charge is 0.0484 e. The fourth-order valence-corrected chi connectivity index (χ4v) is 2.43. The molecule has 2 heteroatoms. The Morgan fingerprint density at radius 1 is 1.14 bits per heavy atom. The summed E-state index contributed by atoms with van der Waals surface area (Å²) in [5, 5.41) is 18.7. The molecule has 2 N–H and O–H groups in total. The summed E-state index contributed by atoms with van der Waals surface area (Å²) in [6, 6.07) is 0. The quantitative estimate of drug-likeness (QED) is 0.665. The third kappa shape index (κ3) is 3.58. The monoisotopic (exact) mass is 202 g/mol. The number of aliphatic hydroxyl groups excluding tert-OH is 2. The standard InChI is InChI=1S/C12H26O2/c1-5-7-10(8-13)11(6-2)12(3,4)9-14/h10-11,13-14H,5-9H2,1-4H3. The topological polar surface area (TPSA) is 40.5 Å². The molecule has 0 aromatic heterocycles. The van der Waals surface area contributed by atoms with Crippen molar-refractivity contribution in [1.82, 2.24) is 0 Å². The van der Waals surface area contributed by atoms with Crippen LogP contribution in [0.25, 0.3) is 0 Å². The Morgan fingerprint density at radius 3 is 2.00 bits per heavy atom. The number of rotatable bonds is 7. The highest BCUT2D eigenvalue weighted by molar-refractivity contribution is 4.82. The van der Waals surface area contributed by atoms with Crippen molar-refractivity contribution < 1.29 is 10.2 Å². The van der Waals surface area contributed by atoms with E-state index in [1.54, 1.807) is 0 Å². The molecule has 0 rings (SSSR count). The van der Waals surface area contributed by atoms with Crippen LogP contribution in [0.15, 0.2) is 0 Å². The minimum absolute atomic E-state index is 0.0721. The first-order valence-electron chi connectivity index (χ1n) is 5.75. The van der Waals surface area contributed by atoms with Crippen LogP contribution in [0.2, 0.25) is 0 Å². The van der Waals surface area contributed by atoms with Gasteiger partial charge in [-0.15, -0.1) is 0 Å². The molecule has 2 nitrogen and oxygen atoms in total. The fraction of sp³-hybridized carbons (Fsp3) is 1.00. The van der Waals surface area contributed by atoms with Crippen LogP contribution < -0.4 is 0 Å². The summed E-state index contributed by atoms with van der Waals surface area (Å²) in [5.74, 6) is 0.754. The van der Waals surface area contributed by atoms with E-state index < -0.39 is 0 Å².